The minimum atomic E-state index is -0.0288. The maximum atomic E-state index is 12.0. The highest BCUT2D eigenvalue weighted by Gasteiger charge is 2.24. The van der Waals surface area contributed by atoms with Gasteiger partial charge in [-0.3, -0.25) is 9.48 Å². The summed E-state index contributed by atoms with van der Waals surface area (Å²) in [5.41, 5.74) is 7.44. The van der Waals surface area contributed by atoms with Gasteiger partial charge in [-0.2, -0.15) is 5.10 Å². The Balaban J connectivity index is 2.20. The number of aromatic nitrogens is 2. The summed E-state index contributed by atoms with van der Waals surface area (Å²) in [6.45, 7) is 5.45. The standard InChI is InChI=1S/C12H20N4O/c1-8(2)15-12(17)10-7-14-16-4-3-9(6-13)5-11(10)16/h7-9H,3-6,13H2,1-2H3,(H,15,17)/t9-/m0/s1. The molecule has 94 valence electrons. The highest BCUT2D eigenvalue weighted by Crippen LogP contribution is 2.22. The van der Waals surface area contributed by atoms with Gasteiger partial charge in [0.25, 0.3) is 5.91 Å². The number of fused-ring (bicyclic) bond motifs is 1. The summed E-state index contributed by atoms with van der Waals surface area (Å²) in [4.78, 5) is 12.0. The van der Waals surface area contributed by atoms with Gasteiger partial charge in [-0.05, 0) is 39.2 Å². The third-order valence-corrected chi connectivity index (χ3v) is 3.18. The SMILES string of the molecule is CC(C)NC(=O)c1cnn2c1C[C@@H](CN)CC2. The number of nitrogens with zero attached hydrogens (tertiary/aromatic N) is 2. The molecular formula is C12H20N4O. The second-order valence-corrected chi connectivity index (χ2v) is 4.95. The summed E-state index contributed by atoms with van der Waals surface area (Å²) >= 11 is 0. The van der Waals surface area contributed by atoms with Gasteiger partial charge in [0.1, 0.15) is 0 Å². The van der Waals surface area contributed by atoms with Crippen molar-refractivity contribution in [1.82, 2.24) is 15.1 Å². The van der Waals surface area contributed by atoms with E-state index < -0.39 is 0 Å². The van der Waals surface area contributed by atoms with Gasteiger partial charge in [-0.25, -0.2) is 0 Å². The molecule has 0 aliphatic carbocycles. The van der Waals surface area contributed by atoms with Crippen molar-refractivity contribution in [2.24, 2.45) is 11.7 Å². The van der Waals surface area contributed by atoms with Crippen molar-refractivity contribution in [3.63, 3.8) is 0 Å². The number of aryl methyl sites for hydroxylation is 1. The van der Waals surface area contributed by atoms with E-state index in [9.17, 15) is 4.79 Å². The molecule has 5 nitrogen and oxygen atoms in total. The van der Waals surface area contributed by atoms with Crippen molar-refractivity contribution in [2.75, 3.05) is 6.54 Å². The van der Waals surface area contributed by atoms with Gasteiger partial charge in [-0.15, -0.1) is 0 Å². The Hall–Kier alpha value is -1.36. The summed E-state index contributed by atoms with van der Waals surface area (Å²) in [7, 11) is 0. The van der Waals surface area contributed by atoms with Crippen LogP contribution >= 0.6 is 0 Å². The lowest BCUT2D eigenvalue weighted by atomic mass is 9.94. The first-order valence-electron chi connectivity index (χ1n) is 6.17. The van der Waals surface area contributed by atoms with Crippen LogP contribution in [0.25, 0.3) is 0 Å². The van der Waals surface area contributed by atoms with E-state index in [1.165, 1.54) is 0 Å². The van der Waals surface area contributed by atoms with E-state index in [-0.39, 0.29) is 11.9 Å². The molecule has 0 radical (unpaired) electrons. The lowest BCUT2D eigenvalue weighted by Crippen LogP contribution is -2.32. The van der Waals surface area contributed by atoms with E-state index in [0.29, 0.717) is 18.0 Å². The van der Waals surface area contributed by atoms with Gasteiger partial charge in [0, 0.05) is 12.6 Å². The Morgan fingerprint density at radius 3 is 3.12 bits per heavy atom. The van der Waals surface area contributed by atoms with Crippen LogP contribution in [0.3, 0.4) is 0 Å². The Morgan fingerprint density at radius 2 is 2.47 bits per heavy atom. The second kappa shape index (κ2) is 4.87. The molecule has 0 unspecified atom stereocenters. The highest BCUT2D eigenvalue weighted by molar-refractivity contribution is 5.95. The number of carbonyl (C=O) groups excluding carboxylic acids is 1. The van der Waals surface area contributed by atoms with Crippen molar-refractivity contribution >= 4 is 5.91 Å². The summed E-state index contributed by atoms with van der Waals surface area (Å²) in [6.07, 6.45) is 3.58. The average molecular weight is 236 g/mol. The summed E-state index contributed by atoms with van der Waals surface area (Å²) in [5.74, 6) is 0.448. The fraction of sp³-hybridized carbons (Fsp3) is 0.667. The average Bonchev–Trinajstić information content (AvgIpc) is 2.70. The van der Waals surface area contributed by atoms with Crippen LogP contribution in [0.5, 0.6) is 0 Å². The number of nitrogens with two attached hydrogens (primary N) is 1. The van der Waals surface area contributed by atoms with Gasteiger partial charge in [0.05, 0.1) is 17.5 Å². The minimum absolute atomic E-state index is 0.0288. The smallest absolute Gasteiger partial charge is 0.254 e. The van der Waals surface area contributed by atoms with E-state index in [0.717, 1.165) is 25.1 Å². The third-order valence-electron chi connectivity index (χ3n) is 3.18. The van der Waals surface area contributed by atoms with Crippen molar-refractivity contribution in [1.29, 1.82) is 0 Å². The molecule has 1 aliphatic heterocycles. The molecule has 1 aromatic rings. The molecule has 0 aromatic carbocycles. The maximum Gasteiger partial charge on any atom is 0.254 e. The van der Waals surface area contributed by atoms with Gasteiger partial charge >= 0.3 is 0 Å². The first-order valence-corrected chi connectivity index (χ1v) is 6.17. The molecule has 1 amide bonds. The number of hydrogen-bond acceptors (Lipinski definition) is 3. The monoisotopic (exact) mass is 236 g/mol. The zero-order valence-corrected chi connectivity index (χ0v) is 10.4. The first kappa shape index (κ1) is 12.1. The number of nitrogens with one attached hydrogen (secondary N) is 1. The number of hydrogen-bond donors (Lipinski definition) is 2. The molecular weight excluding hydrogens is 216 g/mol. The van der Waals surface area contributed by atoms with Crippen molar-refractivity contribution < 1.29 is 4.79 Å². The molecule has 0 fully saturated rings. The Labute approximate surface area is 101 Å². The molecule has 1 aliphatic rings. The van der Waals surface area contributed by atoms with Crippen molar-refractivity contribution in [3.8, 4) is 0 Å². The normalized spacial score (nSPS) is 19.2. The molecule has 2 rings (SSSR count). The molecule has 2 heterocycles. The zero-order chi connectivity index (χ0) is 12.4. The topological polar surface area (TPSA) is 72.9 Å². The van der Waals surface area contributed by atoms with E-state index in [1.54, 1.807) is 6.20 Å². The van der Waals surface area contributed by atoms with E-state index in [1.807, 2.05) is 18.5 Å². The third kappa shape index (κ3) is 2.49. The zero-order valence-electron chi connectivity index (χ0n) is 10.4. The van der Waals surface area contributed by atoms with Gasteiger partial charge in [0.2, 0.25) is 0 Å². The Kier molecular flexibility index (Phi) is 3.47. The number of carbonyl (C=O) groups is 1. The summed E-state index contributed by atoms with van der Waals surface area (Å²) < 4.78 is 1.93. The van der Waals surface area contributed by atoms with Crippen LogP contribution in [0.2, 0.25) is 0 Å². The molecule has 17 heavy (non-hydrogen) atoms. The van der Waals surface area contributed by atoms with Crippen LogP contribution in [-0.2, 0) is 13.0 Å². The molecule has 1 aromatic heterocycles. The van der Waals surface area contributed by atoms with Crippen LogP contribution in [0.4, 0.5) is 0 Å². The largest absolute Gasteiger partial charge is 0.350 e. The fourth-order valence-electron chi connectivity index (χ4n) is 2.23. The Bertz CT molecular complexity index is 411. The second-order valence-electron chi connectivity index (χ2n) is 4.95. The van der Waals surface area contributed by atoms with Crippen molar-refractivity contribution in [3.05, 3.63) is 17.5 Å². The van der Waals surface area contributed by atoms with Crippen LogP contribution in [0.1, 0.15) is 36.3 Å². The van der Waals surface area contributed by atoms with Gasteiger partial charge in [-0.1, -0.05) is 0 Å². The first-order chi connectivity index (χ1) is 8.11. The van der Waals surface area contributed by atoms with E-state index in [2.05, 4.69) is 10.4 Å². The summed E-state index contributed by atoms with van der Waals surface area (Å²) in [5, 5.41) is 7.17. The molecule has 5 heteroatoms. The molecule has 3 N–H and O–H groups in total. The molecule has 0 bridgehead atoms. The van der Waals surface area contributed by atoms with Crippen LogP contribution in [0, 0.1) is 5.92 Å². The van der Waals surface area contributed by atoms with Gasteiger partial charge < -0.3 is 11.1 Å². The molecule has 0 saturated carbocycles. The quantitative estimate of drug-likeness (QED) is 0.804. The van der Waals surface area contributed by atoms with Crippen molar-refractivity contribution in [2.45, 2.75) is 39.3 Å². The Morgan fingerprint density at radius 1 is 1.71 bits per heavy atom. The maximum absolute atomic E-state index is 12.0. The lowest BCUT2D eigenvalue weighted by molar-refractivity contribution is 0.0941. The minimum Gasteiger partial charge on any atom is -0.350 e. The molecule has 0 spiro atoms. The molecule has 1 atom stereocenters. The van der Waals surface area contributed by atoms with E-state index in [4.69, 9.17) is 5.73 Å². The molecule has 0 saturated heterocycles. The van der Waals surface area contributed by atoms with Crippen LogP contribution in [-0.4, -0.2) is 28.3 Å². The lowest BCUT2D eigenvalue weighted by Gasteiger charge is -2.22. The fourth-order valence-corrected chi connectivity index (χ4v) is 2.23. The number of amides is 1. The van der Waals surface area contributed by atoms with Gasteiger partial charge in [0.15, 0.2) is 0 Å². The van der Waals surface area contributed by atoms with Crippen LogP contribution in [0.15, 0.2) is 6.20 Å². The van der Waals surface area contributed by atoms with Crippen LogP contribution < -0.4 is 11.1 Å². The number of rotatable bonds is 3. The predicted octanol–water partition coefficient (Wildman–Crippen LogP) is 0.542. The van der Waals surface area contributed by atoms with E-state index >= 15 is 0 Å². The highest BCUT2D eigenvalue weighted by atomic mass is 16.1. The predicted molar refractivity (Wildman–Crippen MR) is 65.7 cm³/mol. The summed E-state index contributed by atoms with van der Waals surface area (Å²) in [6, 6.07) is 0.145.